The number of pyridine rings is 2. The van der Waals surface area contributed by atoms with Gasteiger partial charge in [-0.25, -0.2) is 9.36 Å². The third-order valence-corrected chi connectivity index (χ3v) is 10.2. The first-order chi connectivity index (χ1) is 33.3. The predicted octanol–water partition coefficient (Wildman–Crippen LogP) is 12.0. The minimum atomic E-state index is -4.47. The molecule has 0 bridgehead atoms. The van der Waals surface area contributed by atoms with E-state index in [2.05, 4.69) is 40.8 Å². The number of halogens is 8. The van der Waals surface area contributed by atoms with Crippen LogP contribution in [0, 0.1) is 13.8 Å². The largest absolute Gasteiger partial charge is 0.496 e. The molecule has 0 aliphatic carbocycles. The second-order valence-corrected chi connectivity index (χ2v) is 16.2. The Morgan fingerprint density at radius 3 is 1.20 bits per heavy atom. The van der Waals surface area contributed by atoms with Gasteiger partial charge in [-0.15, -0.1) is 35.0 Å². The molecule has 0 atom stereocenters. The Labute approximate surface area is 440 Å². The van der Waals surface area contributed by atoms with Crippen molar-refractivity contribution >= 4 is 48.1 Å². The third-order valence-electron chi connectivity index (χ3n) is 10.2. The number of benzene rings is 4. The second kappa shape index (κ2) is 27.0. The average Bonchev–Trinajstić information content (AvgIpc) is 3.91. The van der Waals surface area contributed by atoms with Crippen molar-refractivity contribution in [3.05, 3.63) is 144 Å². The summed E-state index contributed by atoms with van der Waals surface area (Å²) in [7, 11) is 3.17. The van der Waals surface area contributed by atoms with E-state index in [0.29, 0.717) is 22.9 Å². The quantitative estimate of drug-likeness (QED) is 0.0966. The number of aromatic nitrogens is 8. The molecular formula is C50H56Cl2F6N10O7. The number of nitrogens with zero attached hydrogens (tertiary/aromatic N) is 8. The zero-order valence-corrected chi connectivity index (χ0v) is 43.1. The summed E-state index contributed by atoms with van der Waals surface area (Å²) in [5, 5.41) is 15.1. The fourth-order valence-corrected chi connectivity index (χ4v) is 6.92. The van der Waals surface area contributed by atoms with Crippen LogP contribution in [0.3, 0.4) is 0 Å². The van der Waals surface area contributed by atoms with Crippen LogP contribution in [-0.4, -0.2) is 70.1 Å². The Balaban J connectivity index is 0.000000481. The Kier molecular flexibility index (Phi) is 22.8. The van der Waals surface area contributed by atoms with Crippen molar-refractivity contribution in [3.8, 4) is 57.3 Å². The SMILES string of the molecule is COc1cc(Nc2nc(Oc3cccc(C(F)(F)F)c3)n(C(C)C)n2)ccc1-c1ccnc(C)c1.COc1cc(Nc2nc(Oc3cccc(C(F)(F)F)c3)n(C(C)C)n2)ccc1-c1ccnc(C)c1.Cl.Cl.O.O.O. The molecule has 0 saturated heterocycles. The molecule has 17 nitrogen and oxygen atoms in total. The fraction of sp³-hybridized carbons (Fsp3) is 0.240. The lowest BCUT2D eigenvalue weighted by Crippen LogP contribution is -2.07. The first-order valence-corrected chi connectivity index (χ1v) is 21.7. The van der Waals surface area contributed by atoms with Crippen molar-refractivity contribution in [3.63, 3.8) is 0 Å². The monoisotopic (exact) mass is 1090 g/mol. The molecule has 0 radical (unpaired) electrons. The molecule has 0 fully saturated rings. The van der Waals surface area contributed by atoms with Crippen molar-refractivity contribution in [2.24, 2.45) is 0 Å². The summed E-state index contributed by atoms with van der Waals surface area (Å²) < 4.78 is 104. The molecule has 4 aromatic carbocycles. The minimum absolute atomic E-state index is 0. The van der Waals surface area contributed by atoms with Crippen LogP contribution < -0.4 is 29.6 Å². The van der Waals surface area contributed by atoms with E-state index in [1.54, 1.807) is 26.6 Å². The zero-order chi connectivity index (χ0) is 50.3. The number of hydrogen-bond donors (Lipinski definition) is 2. The molecule has 4 heterocycles. The standard InChI is InChI=1S/2C25H24F3N5O2.2ClH.3H2O/c2*1-15(2)33-24(35-20-7-5-6-18(13-20)25(26,27)28)31-23(32-33)30-19-8-9-21(22(14-19)34-4)17-10-11-29-16(3)12-17;;;;;/h2*5-15H,1-4H3,(H,30,32);2*1H;3*1H2. The van der Waals surface area contributed by atoms with Gasteiger partial charge in [-0.2, -0.15) is 36.3 Å². The summed E-state index contributed by atoms with van der Waals surface area (Å²) in [6.45, 7) is 11.3. The third kappa shape index (κ3) is 16.1. The highest BCUT2D eigenvalue weighted by atomic mass is 35.5. The van der Waals surface area contributed by atoms with Crippen LogP contribution in [0.4, 0.5) is 49.6 Å². The topological polar surface area (TPSA) is 243 Å². The molecule has 8 aromatic rings. The van der Waals surface area contributed by atoms with Gasteiger partial charge < -0.3 is 46.0 Å². The maximum Gasteiger partial charge on any atom is 0.416 e. The van der Waals surface area contributed by atoms with E-state index >= 15 is 0 Å². The molecular weight excluding hydrogens is 1040 g/mol. The van der Waals surface area contributed by atoms with Crippen molar-refractivity contribution in [2.75, 3.05) is 24.9 Å². The van der Waals surface area contributed by atoms with Gasteiger partial charge in [0, 0.05) is 58.4 Å². The van der Waals surface area contributed by atoms with Gasteiger partial charge >= 0.3 is 24.4 Å². The van der Waals surface area contributed by atoms with Gasteiger partial charge in [-0.3, -0.25) is 9.97 Å². The lowest BCUT2D eigenvalue weighted by atomic mass is 10.0. The molecule has 0 spiro atoms. The zero-order valence-electron chi connectivity index (χ0n) is 41.5. The van der Waals surface area contributed by atoms with E-state index in [0.717, 1.165) is 57.9 Å². The Morgan fingerprint density at radius 2 is 0.880 bits per heavy atom. The number of anilines is 4. The first kappa shape index (κ1) is 63.4. The van der Waals surface area contributed by atoms with Crippen LogP contribution in [0.15, 0.2) is 122 Å². The molecule has 0 aliphatic rings. The van der Waals surface area contributed by atoms with Crippen LogP contribution in [-0.2, 0) is 12.4 Å². The number of aryl methyl sites for hydroxylation is 2. The van der Waals surface area contributed by atoms with Crippen molar-refractivity contribution < 1.29 is 61.7 Å². The molecule has 4 aromatic heterocycles. The van der Waals surface area contributed by atoms with E-state index in [1.165, 1.54) is 33.6 Å². The van der Waals surface area contributed by atoms with Gasteiger partial charge in [0.25, 0.3) is 0 Å². The van der Waals surface area contributed by atoms with Gasteiger partial charge in [0.05, 0.1) is 37.4 Å². The molecule has 0 saturated carbocycles. The molecule has 75 heavy (non-hydrogen) atoms. The van der Waals surface area contributed by atoms with Gasteiger partial charge in [-0.05, 0) is 138 Å². The van der Waals surface area contributed by atoms with Crippen LogP contribution in [0.1, 0.15) is 62.3 Å². The van der Waals surface area contributed by atoms with Crippen molar-refractivity contribution in [1.29, 1.82) is 0 Å². The van der Waals surface area contributed by atoms with Gasteiger partial charge in [-0.1, -0.05) is 12.1 Å². The predicted molar refractivity (Wildman–Crippen MR) is 278 cm³/mol. The van der Waals surface area contributed by atoms with E-state index < -0.39 is 23.5 Å². The van der Waals surface area contributed by atoms with Crippen molar-refractivity contribution in [2.45, 2.75) is 66.0 Å². The number of nitrogens with one attached hydrogen (secondary N) is 2. The van der Waals surface area contributed by atoms with E-state index in [-0.39, 0.29) is 88.7 Å². The Bertz CT molecular complexity index is 2900. The van der Waals surface area contributed by atoms with E-state index in [4.69, 9.17) is 18.9 Å². The molecule has 0 amide bonds. The molecule has 0 unspecified atom stereocenters. The summed E-state index contributed by atoms with van der Waals surface area (Å²) in [5.74, 6) is 1.78. The highest BCUT2D eigenvalue weighted by Gasteiger charge is 2.32. The maximum atomic E-state index is 13.1. The molecule has 25 heteroatoms. The summed E-state index contributed by atoms with van der Waals surface area (Å²) in [6, 6.07) is 28.0. The van der Waals surface area contributed by atoms with Gasteiger partial charge in [0.2, 0.25) is 11.9 Å². The van der Waals surface area contributed by atoms with Crippen LogP contribution in [0.2, 0.25) is 0 Å². The fourth-order valence-electron chi connectivity index (χ4n) is 6.92. The van der Waals surface area contributed by atoms with Gasteiger partial charge in [0.15, 0.2) is 0 Å². The summed E-state index contributed by atoms with van der Waals surface area (Å²) >= 11 is 0. The first-order valence-electron chi connectivity index (χ1n) is 21.7. The lowest BCUT2D eigenvalue weighted by molar-refractivity contribution is -0.138. The maximum absolute atomic E-state index is 13.1. The minimum Gasteiger partial charge on any atom is -0.496 e. The number of hydrogen-bond acceptors (Lipinski definition) is 12. The number of alkyl halides is 6. The molecule has 8 rings (SSSR count). The Morgan fingerprint density at radius 1 is 0.507 bits per heavy atom. The second-order valence-electron chi connectivity index (χ2n) is 16.2. The van der Waals surface area contributed by atoms with Crippen LogP contribution in [0.25, 0.3) is 22.3 Å². The number of methoxy groups -OCH3 is 2. The van der Waals surface area contributed by atoms with E-state index in [1.807, 2.05) is 102 Å². The highest BCUT2D eigenvalue weighted by molar-refractivity contribution is 5.85. The highest BCUT2D eigenvalue weighted by Crippen LogP contribution is 2.38. The lowest BCUT2D eigenvalue weighted by Gasteiger charge is -2.11. The number of rotatable bonds is 14. The smallest absolute Gasteiger partial charge is 0.416 e. The summed E-state index contributed by atoms with van der Waals surface area (Å²) in [5.41, 5.74) is 5.26. The molecule has 8 N–H and O–H groups in total. The summed E-state index contributed by atoms with van der Waals surface area (Å²) in [6.07, 6.45) is -5.47. The van der Waals surface area contributed by atoms with Crippen LogP contribution >= 0.6 is 24.8 Å². The van der Waals surface area contributed by atoms with Crippen LogP contribution in [0.5, 0.6) is 35.0 Å². The molecule has 0 aliphatic heterocycles. The van der Waals surface area contributed by atoms with E-state index in [9.17, 15) is 26.3 Å². The average molecular weight is 1090 g/mol. The summed E-state index contributed by atoms with van der Waals surface area (Å²) in [4.78, 5) is 17.2. The normalized spacial score (nSPS) is 10.8. The number of ether oxygens (including phenoxy) is 4. The van der Waals surface area contributed by atoms with Gasteiger partial charge in [0.1, 0.15) is 23.0 Å². The Hall–Kier alpha value is -7.70. The molecule has 404 valence electrons. The van der Waals surface area contributed by atoms with Crippen molar-refractivity contribution in [1.82, 2.24) is 39.5 Å².